The van der Waals surface area contributed by atoms with Crippen LogP contribution in [0.15, 0.2) is 60.8 Å². The Kier molecular flexibility index (Phi) is 4.27. The number of carbonyl (C=O) groups excluding carboxylic acids is 1. The monoisotopic (exact) mass is 346 g/mol. The number of amides is 1. The van der Waals surface area contributed by atoms with Gasteiger partial charge in [0, 0.05) is 18.3 Å². The first-order valence-electron chi connectivity index (χ1n) is 8.39. The van der Waals surface area contributed by atoms with Crippen LogP contribution in [-0.4, -0.2) is 17.7 Å². The molecule has 0 unspecified atom stereocenters. The zero-order valence-electron chi connectivity index (χ0n) is 14.4. The lowest BCUT2D eigenvalue weighted by Crippen LogP contribution is -2.22. The van der Waals surface area contributed by atoms with Gasteiger partial charge in [-0.25, -0.2) is 0 Å². The molecule has 0 saturated heterocycles. The molecule has 0 spiro atoms. The smallest absolute Gasteiger partial charge is 0.253 e. The molecule has 26 heavy (non-hydrogen) atoms. The molecular weight excluding hydrogens is 328 g/mol. The summed E-state index contributed by atoms with van der Waals surface area (Å²) >= 11 is 0. The van der Waals surface area contributed by atoms with Gasteiger partial charge in [-0.1, -0.05) is 35.9 Å². The molecule has 0 fully saturated rings. The molecule has 0 atom stereocenters. The van der Waals surface area contributed by atoms with Gasteiger partial charge in [-0.2, -0.15) is 0 Å². The topological polar surface area (TPSA) is 60.5 Å². The number of carbonyl (C=O) groups is 1. The van der Waals surface area contributed by atoms with Crippen molar-refractivity contribution in [3.05, 3.63) is 77.5 Å². The summed E-state index contributed by atoms with van der Waals surface area (Å²) in [5.41, 5.74) is 4.56. The highest BCUT2D eigenvalue weighted by Gasteiger charge is 2.14. The number of pyridine rings is 1. The molecule has 3 aromatic rings. The van der Waals surface area contributed by atoms with Crippen LogP contribution in [0.5, 0.6) is 11.5 Å². The van der Waals surface area contributed by atoms with Crippen molar-refractivity contribution in [2.45, 2.75) is 13.5 Å². The Morgan fingerprint density at radius 3 is 2.62 bits per heavy atom. The van der Waals surface area contributed by atoms with Crippen LogP contribution in [0.4, 0.5) is 0 Å². The Bertz CT molecular complexity index is 934. The molecule has 5 heteroatoms. The zero-order chi connectivity index (χ0) is 17.9. The van der Waals surface area contributed by atoms with Gasteiger partial charge in [0.05, 0.1) is 11.3 Å². The summed E-state index contributed by atoms with van der Waals surface area (Å²) in [6, 6.07) is 17.4. The van der Waals surface area contributed by atoms with Gasteiger partial charge in [0.15, 0.2) is 11.5 Å². The van der Waals surface area contributed by atoms with E-state index in [1.807, 2.05) is 55.5 Å². The van der Waals surface area contributed by atoms with Gasteiger partial charge in [-0.15, -0.1) is 0 Å². The summed E-state index contributed by atoms with van der Waals surface area (Å²) in [6.45, 7) is 2.70. The fraction of sp³-hybridized carbons (Fsp3) is 0.143. The maximum Gasteiger partial charge on any atom is 0.253 e. The molecule has 5 nitrogen and oxygen atoms in total. The number of hydrogen-bond donors (Lipinski definition) is 1. The number of aromatic nitrogens is 1. The van der Waals surface area contributed by atoms with E-state index in [1.54, 1.807) is 12.3 Å². The van der Waals surface area contributed by atoms with Crippen molar-refractivity contribution in [1.82, 2.24) is 10.3 Å². The first-order valence-corrected chi connectivity index (χ1v) is 8.39. The van der Waals surface area contributed by atoms with Gasteiger partial charge in [-0.3, -0.25) is 9.78 Å². The first kappa shape index (κ1) is 16.1. The SMILES string of the molecule is Cc1ccc(-c2ccc(C(=O)NCc3ccc4c(c3)OCO4)cn2)cc1. The molecule has 1 N–H and O–H groups in total. The van der Waals surface area contributed by atoms with Crippen molar-refractivity contribution < 1.29 is 14.3 Å². The number of rotatable bonds is 4. The zero-order valence-corrected chi connectivity index (χ0v) is 14.4. The lowest BCUT2D eigenvalue weighted by Gasteiger charge is -2.07. The van der Waals surface area contributed by atoms with E-state index in [-0.39, 0.29) is 12.7 Å². The molecule has 2 aromatic carbocycles. The van der Waals surface area contributed by atoms with E-state index in [4.69, 9.17) is 9.47 Å². The number of nitrogens with zero attached hydrogens (tertiary/aromatic N) is 1. The maximum absolute atomic E-state index is 12.3. The molecule has 2 heterocycles. The van der Waals surface area contributed by atoms with Crippen molar-refractivity contribution in [2.24, 2.45) is 0 Å². The number of ether oxygens (including phenoxy) is 2. The van der Waals surface area contributed by atoms with E-state index in [9.17, 15) is 4.79 Å². The van der Waals surface area contributed by atoms with E-state index in [2.05, 4.69) is 10.3 Å². The average molecular weight is 346 g/mol. The van der Waals surface area contributed by atoms with Crippen LogP contribution in [0.2, 0.25) is 0 Å². The minimum Gasteiger partial charge on any atom is -0.454 e. The molecule has 1 aliphatic heterocycles. The minimum absolute atomic E-state index is 0.161. The third-order valence-electron chi connectivity index (χ3n) is 4.26. The van der Waals surface area contributed by atoms with Crippen LogP contribution in [0.3, 0.4) is 0 Å². The van der Waals surface area contributed by atoms with Crippen LogP contribution < -0.4 is 14.8 Å². The van der Waals surface area contributed by atoms with Crippen LogP contribution >= 0.6 is 0 Å². The summed E-state index contributed by atoms with van der Waals surface area (Å²) in [6.07, 6.45) is 1.60. The standard InChI is InChI=1S/C21H18N2O3/c1-14-2-5-16(6-3-14)18-8-7-17(12-22-18)21(24)23-11-15-4-9-19-20(10-15)26-13-25-19/h2-10,12H,11,13H2,1H3,(H,23,24). The maximum atomic E-state index is 12.3. The summed E-state index contributed by atoms with van der Waals surface area (Å²) in [5.74, 6) is 1.28. The van der Waals surface area contributed by atoms with Crippen molar-refractivity contribution in [3.8, 4) is 22.8 Å². The number of nitrogens with one attached hydrogen (secondary N) is 1. The third-order valence-corrected chi connectivity index (χ3v) is 4.26. The summed E-state index contributed by atoms with van der Waals surface area (Å²) in [5, 5.41) is 2.90. The van der Waals surface area contributed by atoms with Gasteiger partial charge >= 0.3 is 0 Å². The average Bonchev–Trinajstić information content (AvgIpc) is 3.15. The second-order valence-corrected chi connectivity index (χ2v) is 6.17. The second kappa shape index (κ2) is 6.88. The van der Waals surface area contributed by atoms with Gasteiger partial charge in [-0.05, 0) is 36.8 Å². The fourth-order valence-corrected chi connectivity index (χ4v) is 2.76. The van der Waals surface area contributed by atoms with E-state index in [1.165, 1.54) is 5.56 Å². The quantitative estimate of drug-likeness (QED) is 0.782. The molecule has 1 aromatic heterocycles. The Balaban J connectivity index is 1.41. The summed E-state index contributed by atoms with van der Waals surface area (Å²) < 4.78 is 10.6. The molecular formula is C21H18N2O3. The normalized spacial score (nSPS) is 12.0. The lowest BCUT2D eigenvalue weighted by molar-refractivity contribution is 0.0950. The third kappa shape index (κ3) is 3.37. The van der Waals surface area contributed by atoms with E-state index < -0.39 is 0 Å². The van der Waals surface area contributed by atoms with Crippen molar-refractivity contribution in [2.75, 3.05) is 6.79 Å². The Morgan fingerprint density at radius 1 is 1.04 bits per heavy atom. The van der Waals surface area contributed by atoms with E-state index in [0.29, 0.717) is 17.9 Å². The Hall–Kier alpha value is -3.34. The molecule has 130 valence electrons. The molecule has 4 rings (SSSR count). The summed E-state index contributed by atoms with van der Waals surface area (Å²) in [4.78, 5) is 16.7. The van der Waals surface area contributed by atoms with Crippen LogP contribution in [0.1, 0.15) is 21.5 Å². The first-order chi connectivity index (χ1) is 12.7. The molecule has 0 saturated carbocycles. The second-order valence-electron chi connectivity index (χ2n) is 6.17. The molecule has 0 bridgehead atoms. The van der Waals surface area contributed by atoms with Crippen LogP contribution in [0, 0.1) is 6.92 Å². The largest absolute Gasteiger partial charge is 0.454 e. The summed E-state index contributed by atoms with van der Waals surface area (Å²) in [7, 11) is 0. The number of benzene rings is 2. The lowest BCUT2D eigenvalue weighted by atomic mass is 10.1. The molecule has 0 radical (unpaired) electrons. The minimum atomic E-state index is -0.161. The fourth-order valence-electron chi connectivity index (χ4n) is 2.76. The van der Waals surface area contributed by atoms with Gasteiger partial charge < -0.3 is 14.8 Å². The molecule has 1 amide bonds. The van der Waals surface area contributed by atoms with E-state index >= 15 is 0 Å². The molecule has 0 aliphatic carbocycles. The van der Waals surface area contributed by atoms with Crippen LogP contribution in [-0.2, 0) is 6.54 Å². The Morgan fingerprint density at radius 2 is 1.85 bits per heavy atom. The van der Waals surface area contributed by atoms with Crippen molar-refractivity contribution in [3.63, 3.8) is 0 Å². The van der Waals surface area contributed by atoms with Gasteiger partial charge in [0.2, 0.25) is 6.79 Å². The van der Waals surface area contributed by atoms with Crippen LogP contribution in [0.25, 0.3) is 11.3 Å². The van der Waals surface area contributed by atoms with Crippen molar-refractivity contribution >= 4 is 5.91 Å². The predicted octanol–water partition coefficient (Wildman–Crippen LogP) is 3.72. The number of hydrogen-bond acceptors (Lipinski definition) is 4. The van der Waals surface area contributed by atoms with Gasteiger partial charge in [0.25, 0.3) is 5.91 Å². The predicted molar refractivity (Wildman–Crippen MR) is 98.1 cm³/mol. The highest BCUT2D eigenvalue weighted by atomic mass is 16.7. The number of aryl methyl sites for hydroxylation is 1. The highest BCUT2D eigenvalue weighted by Crippen LogP contribution is 2.32. The Labute approximate surface area is 151 Å². The van der Waals surface area contributed by atoms with E-state index in [0.717, 1.165) is 22.6 Å². The van der Waals surface area contributed by atoms with Gasteiger partial charge in [0.1, 0.15) is 0 Å². The number of fused-ring (bicyclic) bond motifs is 1. The molecule has 1 aliphatic rings. The van der Waals surface area contributed by atoms with Crippen molar-refractivity contribution in [1.29, 1.82) is 0 Å². The highest BCUT2D eigenvalue weighted by molar-refractivity contribution is 5.94.